The fraction of sp³-hybridized carbons (Fsp3) is 0.0952. The van der Waals surface area contributed by atoms with E-state index in [-0.39, 0.29) is 5.41 Å². The molecule has 0 N–H and O–H groups in total. The number of rotatable bonds is 6. The van der Waals surface area contributed by atoms with Crippen LogP contribution in [0.3, 0.4) is 0 Å². The Kier molecular flexibility index (Phi) is 6.95. The highest BCUT2D eigenvalue weighted by Crippen LogP contribution is 2.36. The number of benzene rings is 5. The summed E-state index contributed by atoms with van der Waals surface area (Å²) < 4.78 is 12.8. The highest BCUT2D eigenvalue weighted by atomic mass is 16.5. The molecule has 0 saturated carbocycles. The molecular weight excluding hydrogens is 576 g/mol. The first-order valence-electron chi connectivity index (χ1n) is 15.9. The molecule has 0 unspecified atom stereocenters. The molecule has 0 spiro atoms. The van der Waals surface area contributed by atoms with Crippen molar-refractivity contribution in [2.24, 2.45) is 0 Å². The monoisotopic (exact) mass is 610 g/mol. The number of fused-ring (bicyclic) bond motifs is 3. The van der Waals surface area contributed by atoms with E-state index >= 15 is 0 Å². The zero-order valence-corrected chi connectivity index (χ0v) is 26.6. The number of aromatic nitrogens is 4. The Balaban J connectivity index is 1.14. The highest BCUT2D eigenvalue weighted by molar-refractivity contribution is 6.09. The summed E-state index contributed by atoms with van der Waals surface area (Å²) >= 11 is 0. The van der Waals surface area contributed by atoms with Gasteiger partial charge in [-0.1, -0.05) is 93.6 Å². The molecule has 0 bridgehead atoms. The van der Waals surface area contributed by atoms with Crippen molar-refractivity contribution in [3.05, 3.63) is 164 Å². The molecule has 228 valence electrons. The molecular formula is C42H34N4O. The summed E-state index contributed by atoms with van der Waals surface area (Å²) in [6.45, 7) is 6.69. The maximum atomic E-state index is 6.51. The minimum absolute atomic E-state index is 0.0113. The van der Waals surface area contributed by atoms with E-state index in [0.717, 1.165) is 50.7 Å². The van der Waals surface area contributed by atoms with Crippen LogP contribution in [0.15, 0.2) is 152 Å². The number of para-hydroxylation sites is 2. The molecule has 0 atom stereocenters. The van der Waals surface area contributed by atoms with Crippen LogP contribution in [-0.2, 0) is 5.41 Å². The van der Waals surface area contributed by atoms with Gasteiger partial charge in [0.15, 0.2) is 0 Å². The van der Waals surface area contributed by atoms with Gasteiger partial charge in [0.05, 0.1) is 22.4 Å². The Morgan fingerprint density at radius 3 is 2.32 bits per heavy atom. The van der Waals surface area contributed by atoms with Gasteiger partial charge in [-0.25, -0.2) is 4.98 Å². The maximum Gasteiger partial charge on any atom is 0.268 e. The Hall–Kier alpha value is -5.94. The molecule has 0 saturated heterocycles. The number of nitrogens with zero attached hydrogens (tertiary/aromatic N) is 4. The van der Waals surface area contributed by atoms with E-state index in [4.69, 9.17) is 9.72 Å². The molecule has 5 aromatic carbocycles. The topological polar surface area (TPSA) is 35.9 Å². The molecule has 0 fully saturated rings. The average molecular weight is 611 g/mol. The predicted octanol–water partition coefficient (Wildman–Crippen LogP) is 9.80. The van der Waals surface area contributed by atoms with Crippen molar-refractivity contribution < 1.29 is 9.30 Å². The van der Waals surface area contributed by atoms with E-state index in [1.807, 2.05) is 58.1 Å². The summed E-state index contributed by atoms with van der Waals surface area (Å²) in [5.41, 5.74) is 7.76. The molecule has 5 nitrogen and oxygen atoms in total. The van der Waals surface area contributed by atoms with Crippen molar-refractivity contribution >= 4 is 21.8 Å². The van der Waals surface area contributed by atoms with Crippen LogP contribution in [0.2, 0.25) is 0 Å². The minimum Gasteiger partial charge on any atom is -0.458 e. The van der Waals surface area contributed by atoms with E-state index in [1.54, 1.807) is 0 Å². The molecule has 3 aromatic heterocycles. The quantitative estimate of drug-likeness (QED) is 0.139. The molecule has 0 aliphatic carbocycles. The summed E-state index contributed by atoms with van der Waals surface area (Å²) in [5.74, 6) is 2.40. The number of imidazole rings is 1. The highest BCUT2D eigenvalue weighted by Gasteiger charge is 2.18. The third-order valence-corrected chi connectivity index (χ3v) is 8.65. The summed E-state index contributed by atoms with van der Waals surface area (Å²) in [5, 5.41) is 2.34. The average Bonchev–Trinajstić information content (AvgIpc) is 3.72. The van der Waals surface area contributed by atoms with Gasteiger partial charge in [0.2, 0.25) is 0 Å². The first-order chi connectivity index (χ1) is 22.9. The summed E-state index contributed by atoms with van der Waals surface area (Å²) in [4.78, 5) is 4.81. The molecule has 8 aromatic rings. The van der Waals surface area contributed by atoms with Gasteiger partial charge in [0.25, 0.3) is 6.33 Å². The van der Waals surface area contributed by atoms with E-state index in [1.165, 1.54) is 16.5 Å². The van der Waals surface area contributed by atoms with Crippen molar-refractivity contribution in [2.45, 2.75) is 26.2 Å². The summed E-state index contributed by atoms with van der Waals surface area (Å²) in [7, 11) is 0. The van der Waals surface area contributed by atoms with Gasteiger partial charge < -0.3 is 4.74 Å². The normalized spacial score (nSPS) is 11.7. The Bertz CT molecular complexity index is 2380. The predicted molar refractivity (Wildman–Crippen MR) is 189 cm³/mol. The third kappa shape index (κ3) is 5.36. The van der Waals surface area contributed by atoms with E-state index in [2.05, 4.69) is 135 Å². The first kappa shape index (κ1) is 28.5. The Morgan fingerprint density at radius 1 is 0.681 bits per heavy atom. The zero-order valence-electron chi connectivity index (χ0n) is 26.6. The van der Waals surface area contributed by atoms with Crippen LogP contribution in [0.25, 0.3) is 50.1 Å². The van der Waals surface area contributed by atoms with Gasteiger partial charge in [0.1, 0.15) is 17.3 Å². The zero-order chi connectivity index (χ0) is 32.0. The molecule has 0 aliphatic rings. The summed E-state index contributed by atoms with van der Waals surface area (Å²) in [6.07, 6.45) is 9.45. The van der Waals surface area contributed by atoms with Crippen LogP contribution in [-0.4, -0.2) is 14.1 Å². The fourth-order valence-electron chi connectivity index (χ4n) is 6.24. The van der Waals surface area contributed by atoms with Crippen molar-refractivity contribution in [3.8, 4) is 39.8 Å². The van der Waals surface area contributed by atoms with Crippen molar-refractivity contribution in [2.75, 3.05) is 0 Å². The number of hydrogen-bond donors (Lipinski definition) is 0. The van der Waals surface area contributed by atoms with Crippen molar-refractivity contribution in [1.82, 2.24) is 14.1 Å². The third-order valence-electron chi connectivity index (χ3n) is 8.65. The molecule has 0 amide bonds. The molecule has 8 rings (SSSR count). The van der Waals surface area contributed by atoms with Crippen molar-refractivity contribution in [3.63, 3.8) is 0 Å². The molecule has 47 heavy (non-hydrogen) atoms. The Labute approximate surface area is 274 Å². The minimum atomic E-state index is 0.0113. The first-order valence-corrected chi connectivity index (χ1v) is 15.9. The molecule has 3 heterocycles. The van der Waals surface area contributed by atoms with Crippen LogP contribution in [0.1, 0.15) is 26.3 Å². The van der Waals surface area contributed by atoms with Gasteiger partial charge in [0, 0.05) is 35.4 Å². The van der Waals surface area contributed by atoms with Gasteiger partial charge >= 0.3 is 0 Å². The number of hydrogen-bond acceptors (Lipinski definition) is 2. The van der Waals surface area contributed by atoms with Crippen LogP contribution in [0.5, 0.6) is 11.5 Å². The lowest BCUT2D eigenvalue weighted by molar-refractivity contribution is -0.598. The second-order valence-corrected chi connectivity index (χ2v) is 12.8. The van der Waals surface area contributed by atoms with Gasteiger partial charge in [-0.05, 0) is 76.7 Å². The van der Waals surface area contributed by atoms with Crippen molar-refractivity contribution in [1.29, 1.82) is 0 Å². The summed E-state index contributed by atoms with van der Waals surface area (Å²) in [6, 6.07) is 46.0. The van der Waals surface area contributed by atoms with E-state index < -0.39 is 0 Å². The second-order valence-electron chi connectivity index (χ2n) is 12.8. The molecule has 0 aliphatic heterocycles. The maximum absolute atomic E-state index is 6.51. The standard InChI is InChI=1S/C42H34N4O/c1-42(2,3)31-22-23-43-41(26-31)46-39-19-10-8-17-36(39)37-21-20-34(28-40(37)46)47-33-15-11-14-32(27-33)44-24-25-45(29-44)38-18-9-7-16-35(38)30-12-5-4-6-13-30/h4-28H,1-3H3. The SMILES string of the molecule is CC(C)(C)c1ccnc(-n2c3ccccc3c3ccc(Oc4cccc(-n5[c-][n+](-c6ccccc6-c6ccccc6)cc5)c4)cc32)c1. The molecule has 0 radical (unpaired) electrons. The van der Waals surface area contributed by atoms with Gasteiger partial charge in [-0.2, -0.15) is 0 Å². The van der Waals surface area contributed by atoms with Crippen LogP contribution in [0, 0.1) is 6.33 Å². The Morgan fingerprint density at radius 2 is 1.45 bits per heavy atom. The lowest BCUT2D eigenvalue weighted by Crippen LogP contribution is -2.29. The smallest absolute Gasteiger partial charge is 0.268 e. The second kappa shape index (κ2) is 11.5. The lowest BCUT2D eigenvalue weighted by Gasteiger charge is -2.20. The largest absolute Gasteiger partial charge is 0.458 e. The van der Waals surface area contributed by atoms with E-state index in [0.29, 0.717) is 0 Å². The number of pyridine rings is 1. The van der Waals surface area contributed by atoms with Gasteiger partial charge in [-0.15, -0.1) is 0 Å². The number of ether oxygens (including phenoxy) is 1. The van der Waals surface area contributed by atoms with Crippen LogP contribution < -0.4 is 9.30 Å². The van der Waals surface area contributed by atoms with Crippen LogP contribution >= 0.6 is 0 Å². The van der Waals surface area contributed by atoms with E-state index in [9.17, 15) is 0 Å². The lowest BCUT2D eigenvalue weighted by atomic mass is 9.88. The fourth-order valence-corrected chi connectivity index (χ4v) is 6.24. The van der Waals surface area contributed by atoms with Crippen LogP contribution in [0.4, 0.5) is 0 Å². The molecule has 5 heteroatoms. The van der Waals surface area contributed by atoms with Gasteiger partial charge in [-0.3, -0.25) is 13.7 Å².